The number of esters is 1. The maximum atomic E-state index is 11.3. The zero-order chi connectivity index (χ0) is 14.0. The van der Waals surface area contributed by atoms with E-state index >= 15 is 0 Å². The minimum absolute atomic E-state index is 0.0589. The number of carbonyl (C=O) groups is 1. The molecule has 0 saturated heterocycles. The number of nitrogens with two attached hydrogens (primary N) is 1. The van der Waals surface area contributed by atoms with E-state index in [1.165, 1.54) is 18.1 Å². The van der Waals surface area contributed by atoms with Gasteiger partial charge in [-0.25, -0.2) is 14.5 Å². The molecular formula is C11H9ClN4O2S. The van der Waals surface area contributed by atoms with Crippen LogP contribution in [0.3, 0.4) is 0 Å². The van der Waals surface area contributed by atoms with E-state index in [0.29, 0.717) is 16.3 Å². The lowest BCUT2D eigenvalue weighted by Gasteiger charge is -2.09. The van der Waals surface area contributed by atoms with Gasteiger partial charge in [-0.05, 0) is 12.1 Å². The van der Waals surface area contributed by atoms with E-state index in [0.717, 1.165) is 0 Å². The average molecular weight is 297 g/mol. The predicted molar refractivity (Wildman–Crippen MR) is 73.6 cm³/mol. The van der Waals surface area contributed by atoms with Gasteiger partial charge < -0.3 is 10.5 Å². The number of methoxy groups -OCH3 is 1. The van der Waals surface area contributed by atoms with Crippen LogP contribution in [0.25, 0.3) is 5.69 Å². The first kappa shape index (κ1) is 13.4. The second kappa shape index (κ2) is 5.33. The highest BCUT2D eigenvalue weighted by Crippen LogP contribution is 2.22. The van der Waals surface area contributed by atoms with Gasteiger partial charge in [-0.3, -0.25) is 0 Å². The highest BCUT2D eigenvalue weighted by atomic mass is 35.5. The van der Waals surface area contributed by atoms with E-state index in [9.17, 15) is 4.79 Å². The topological polar surface area (TPSA) is 83.0 Å². The molecule has 0 aliphatic carbocycles. The molecule has 6 nitrogen and oxygen atoms in total. The molecule has 2 rings (SSSR count). The van der Waals surface area contributed by atoms with Gasteiger partial charge in [0.2, 0.25) is 0 Å². The molecule has 2 N–H and O–H groups in total. The Balaban J connectivity index is 2.53. The van der Waals surface area contributed by atoms with E-state index < -0.39 is 5.97 Å². The zero-order valence-electron chi connectivity index (χ0n) is 9.83. The largest absolute Gasteiger partial charge is 0.463 e. The smallest absolute Gasteiger partial charge is 0.377 e. The van der Waals surface area contributed by atoms with Crippen molar-refractivity contribution in [1.29, 1.82) is 0 Å². The van der Waals surface area contributed by atoms with Gasteiger partial charge in [-0.1, -0.05) is 29.9 Å². The van der Waals surface area contributed by atoms with Gasteiger partial charge in [0.1, 0.15) is 11.3 Å². The van der Waals surface area contributed by atoms with Gasteiger partial charge >= 0.3 is 5.97 Å². The van der Waals surface area contributed by atoms with Crippen LogP contribution in [-0.2, 0) is 4.74 Å². The molecule has 1 aromatic carbocycles. The summed E-state index contributed by atoms with van der Waals surface area (Å²) in [7, 11) is 1.25. The molecule has 98 valence electrons. The number of benzene rings is 1. The summed E-state index contributed by atoms with van der Waals surface area (Å²) in [5.41, 5.74) is 6.66. The molecule has 0 bridgehead atoms. The van der Waals surface area contributed by atoms with Crippen molar-refractivity contribution in [3.05, 3.63) is 40.9 Å². The van der Waals surface area contributed by atoms with E-state index in [1.807, 2.05) is 0 Å². The van der Waals surface area contributed by atoms with Crippen molar-refractivity contribution < 1.29 is 9.53 Å². The Bertz CT molecular complexity index is 656. The molecule has 0 aliphatic heterocycles. The summed E-state index contributed by atoms with van der Waals surface area (Å²) >= 11 is 11.0. The molecule has 0 unspecified atom stereocenters. The fourth-order valence-electron chi connectivity index (χ4n) is 1.51. The van der Waals surface area contributed by atoms with Crippen molar-refractivity contribution in [3.63, 3.8) is 0 Å². The van der Waals surface area contributed by atoms with Crippen LogP contribution in [0.2, 0.25) is 5.02 Å². The maximum Gasteiger partial charge on any atom is 0.377 e. The monoisotopic (exact) mass is 296 g/mol. The van der Waals surface area contributed by atoms with Crippen molar-refractivity contribution in [1.82, 2.24) is 14.8 Å². The fraction of sp³-hybridized carbons (Fsp3) is 0.0909. The third kappa shape index (κ3) is 2.56. The zero-order valence-corrected chi connectivity index (χ0v) is 11.4. The Morgan fingerprint density at radius 1 is 1.53 bits per heavy atom. The highest BCUT2D eigenvalue weighted by molar-refractivity contribution is 7.80. The lowest BCUT2D eigenvalue weighted by atomic mass is 10.2. The second-order valence-electron chi connectivity index (χ2n) is 3.50. The first-order valence-corrected chi connectivity index (χ1v) is 5.92. The van der Waals surface area contributed by atoms with Crippen molar-refractivity contribution in [2.45, 2.75) is 0 Å². The molecule has 2 aromatic rings. The fourth-order valence-corrected chi connectivity index (χ4v) is 2.05. The summed E-state index contributed by atoms with van der Waals surface area (Å²) in [5.74, 6) is -0.686. The first-order chi connectivity index (χ1) is 9.04. The van der Waals surface area contributed by atoms with Gasteiger partial charge in [0.15, 0.2) is 0 Å². The van der Waals surface area contributed by atoms with Gasteiger partial charge in [0.25, 0.3) is 5.82 Å². The van der Waals surface area contributed by atoms with E-state index in [2.05, 4.69) is 14.8 Å². The number of aromatic nitrogens is 3. The summed E-state index contributed by atoms with van der Waals surface area (Å²) in [4.78, 5) is 15.3. The Kier molecular flexibility index (Phi) is 3.77. The number of ether oxygens (including phenoxy) is 1. The third-order valence-electron chi connectivity index (χ3n) is 2.34. The van der Waals surface area contributed by atoms with Crippen molar-refractivity contribution in [2.24, 2.45) is 5.73 Å². The minimum atomic E-state index is -0.627. The molecular weight excluding hydrogens is 288 g/mol. The Morgan fingerprint density at radius 2 is 2.26 bits per heavy atom. The predicted octanol–water partition coefficient (Wildman–Crippen LogP) is 1.34. The Morgan fingerprint density at radius 3 is 2.89 bits per heavy atom. The van der Waals surface area contributed by atoms with Crippen LogP contribution in [0, 0.1) is 0 Å². The van der Waals surface area contributed by atoms with Crippen LogP contribution < -0.4 is 5.73 Å². The highest BCUT2D eigenvalue weighted by Gasteiger charge is 2.16. The summed E-state index contributed by atoms with van der Waals surface area (Å²) in [6.45, 7) is 0. The molecule has 19 heavy (non-hydrogen) atoms. The number of halogens is 1. The van der Waals surface area contributed by atoms with Crippen LogP contribution >= 0.6 is 23.8 Å². The number of thiocarbonyl (C=S) groups is 1. The van der Waals surface area contributed by atoms with Crippen molar-refractivity contribution in [2.75, 3.05) is 7.11 Å². The maximum absolute atomic E-state index is 11.3. The molecule has 8 heteroatoms. The number of rotatable bonds is 3. The summed E-state index contributed by atoms with van der Waals surface area (Å²) in [6, 6.07) is 5.10. The molecule has 0 saturated carbocycles. The molecule has 0 fully saturated rings. The third-order valence-corrected chi connectivity index (χ3v) is 2.86. The normalized spacial score (nSPS) is 10.2. The number of nitrogens with zero attached hydrogens (tertiary/aromatic N) is 3. The van der Waals surface area contributed by atoms with Crippen LogP contribution in [0.5, 0.6) is 0 Å². The summed E-state index contributed by atoms with van der Waals surface area (Å²) in [5, 5.41) is 4.40. The molecule has 1 heterocycles. The number of carbonyl (C=O) groups excluding carboxylic acids is 1. The van der Waals surface area contributed by atoms with E-state index in [4.69, 9.17) is 29.6 Å². The van der Waals surface area contributed by atoms with Gasteiger partial charge in [0, 0.05) is 0 Å². The summed E-state index contributed by atoms with van der Waals surface area (Å²) in [6.07, 6.45) is 1.36. The van der Waals surface area contributed by atoms with Crippen LogP contribution in [-0.4, -0.2) is 32.8 Å². The number of hydrogen-bond acceptors (Lipinski definition) is 5. The van der Waals surface area contributed by atoms with Crippen LogP contribution in [0.15, 0.2) is 24.5 Å². The van der Waals surface area contributed by atoms with E-state index in [1.54, 1.807) is 18.2 Å². The minimum Gasteiger partial charge on any atom is -0.463 e. The quantitative estimate of drug-likeness (QED) is 0.680. The Labute approximate surface area is 119 Å². The van der Waals surface area contributed by atoms with E-state index in [-0.39, 0.29) is 10.8 Å². The molecule has 0 spiro atoms. The summed E-state index contributed by atoms with van der Waals surface area (Å²) < 4.78 is 5.90. The van der Waals surface area contributed by atoms with Gasteiger partial charge in [0.05, 0.1) is 23.4 Å². The SMILES string of the molecule is COC(=O)c1ncn(-c2cccc(Cl)c2C(N)=S)n1. The van der Waals surface area contributed by atoms with Crippen LogP contribution in [0.4, 0.5) is 0 Å². The molecule has 0 aliphatic rings. The molecule has 0 amide bonds. The average Bonchev–Trinajstić information content (AvgIpc) is 2.86. The Hall–Kier alpha value is -1.99. The van der Waals surface area contributed by atoms with Crippen LogP contribution in [0.1, 0.15) is 16.2 Å². The standard InChI is InChI=1S/C11H9ClN4O2S/c1-18-11(17)10-14-5-16(15-10)7-4-2-3-6(12)8(7)9(13)19/h2-5H,1H3,(H2,13,19). The molecule has 1 aromatic heterocycles. The number of hydrogen-bond donors (Lipinski definition) is 1. The van der Waals surface area contributed by atoms with Crippen molar-refractivity contribution >= 4 is 34.8 Å². The van der Waals surface area contributed by atoms with Gasteiger partial charge in [-0.2, -0.15) is 0 Å². The van der Waals surface area contributed by atoms with Crippen molar-refractivity contribution in [3.8, 4) is 5.69 Å². The molecule has 0 atom stereocenters. The lowest BCUT2D eigenvalue weighted by molar-refractivity contribution is 0.0587. The first-order valence-electron chi connectivity index (χ1n) is 5.13. The van der Waals surface area contributed by atoms with Gasteiger partial charge in [-0.15, -0.1) is 5.10 Å². The molecule has 0 radical (unpaired) electrons. The lowest BCUT2D eigenvalue weighted by Crippen LogP contribution is -2.14. The second-order valence-corrected chi connectivity index (χ2v) is 4.35.